The molecule has 0 unspecified atom stereocenters. The normalized spacial score (nSPS) is 13.4. The molecule has 0 aliphatic heterocycles. The monoisotopic (exact) mass is 288 g/mol. The van der Waals surface area contributed by atoms with E-state index in [-0.39, 0.29) is 6.61 Å². The van der Waals surface area contributed by atoms with Gasteiger partial charge in [0.2, 0.25) is 0 Å². The van der Waals surface area contributed by atoms with Crippen LogP contribution in [0.25, 0.3) is 10.8 Å². The molecule has 3 heteroatoms. The van der Waals surface area contributed by atoms with Crippen molar-refractivity contribution in [3.05, 3.63) is 42.0 Å². The Bertz CT molecular complexity index is 600. The number of benzene rings is 2. The van der Waals surface area contributed by atoms with Crippen molar-refractivity contribution < 1.29 is 14.9 Å². The molecule has 2 rings (SSSR count). The molecular weight excluding hydrogens is 264 g/mol. The molecule has 2 aromatic carbocycles. The van der Waals surface area contributed by atoms with E-state index in [9.17, 15) is 10.2 Å². The topological polar surface area (TPSA) is 49.7 Å². The first kappa shape index (κ1) is 15.8. The largest absolute Gasteiger partial charge is 0.490 e. The van der Waals surface area contributed by atoms with E-state index in [1.165, 1.54) is 0 Å². The molecule has 0 bridgehead atoms. The van der Waals surface area contributed by atoms with Gasteiger partial charge in [-0.05, 0) is 25.2 Å². The first-order chi connectivity index (χ1) is 10.0. The third-order valence-corrected chi connectivity index (χ3v) is 4.16. The molecule has 3 nitrogen and oxygen atoms in total. The summed E-state index contributed by atoms with van der Waals surface area (Å²) in [4.78, 5) is 0. The molecule has 2 N–H and O–H groups in total. The van der Waals surface area contributed by atoms with Crippen molar-refractivity contribution in [3.8, 4) is 5.75 Å². The molecule has 0 aliphatic carbocycles. The third kappa shape index (κ3) is 3.36. The van der Waals surface area contributed by atoms with Crippen molar-refractivity contribution in [2.24, 2.45) is 0 Å². The van der Waals surface area contributed by atoms with Crippen molar-refractivity contribution in [1.82, 2.24) is 0 Å². The summed E-state index contributed by atoms with van der Waals surface area (Å²) in [6.07, 6.45) is 0.664. The van der Waals surface area contributed by atoms with Crippen molar-refractivity contribution in [3.63, 3.8) is 0 Å². The fraction of sp³-hybridized carbons (Fsp3) is 0.444. The van der Waals surface area contributed by atoms with Gasteiger partial charge in [0.05, 0.1) is 11.7 Å². The van der Waals surface area contributed by atoms with Crippen LogP contribution in [0.15, 0.2) is 36.4 Å². The SMILES string of the molecule is CCC(O)(CC)COc1c([C@@H](C)O)ccc2ccccc12. The highest BCUT2D eigenvalue weighted by molar-refractivity contribution is 5.89. The van der Waals surface area contributed by atoms with Crippen LogP contribution < -0.4 is 4.74 Å². The lowest BCUT2D eigenvalue weighted by Crippen LogP contribution is -2.34. The molecule has 0 spiro atoms. The molecule has 1 atom stereocenters. The minimum absolute atomic E-state index is 0.230. The van der Waals surface area contributed by atoms with Crippen LogP contribution in [0.3, 0.4) is 0 Å². The molecule has 0 heterocycles. The van der Waals surface area contributed by atoms with Gasteiger partial charge in [-0.25, -0.2) is 0 Å². The Morgan fingerprint density at radius 3 is 2.38 bits per heavy atom. The second kappa shape index (κ2) is 6.46. The zero-order valence-corrected chi connectivity index (χ0v) is 13.0. The minimum atomic E-state index is -0.826. The number of hydrogen-bond acceptors (Lipinski definition) is 3. The highest BCUT2D eigenvalue weighted by Crippen LogP contribution is 2.34. The quantitative estimate of drug-likeness (QED) is 0.849. The lowest BCUT2D eigenvalue weighted by atomic mass is 9.98. The van der Waals surface area contributed by atoms with E-state index in [0.29, 0.717) is 18.6 Å². The smallest absolute Gasteiger partial charge is 0.133 e. The lowest BCUT2D eigenvalue weighted by molar-refractivity contribution is -0.0117. The van der Waals surface area contributed by atoms with Gasteiger partial charge in [0.1, 0.15) is 12.4 Å². The van der Waals surface area contributed by atoms with E-state index < -0.39 is 11.7 Å². The molecule has 0 fully saturated rings. The van der Waals surface area contributed by atoms with Crippen LogP contribution in [0, 0.1) is 0 Å². The highest BCUT2D eigenvalue weighted by Gasteiger charge is 2.24. The molecule has 2 aromatic rings. The van der Waals surface area contributed by atoms with Gasteiger partial charge in [-0.15, -0.1) is 0 Å². The van der Waals surface area contributed by atoms with Crippen molar-refractivity contribution in [1.29, 1.82) is 0 Å². The third-order valence-electron chi connectivity index (χ3n) is 4.16. The highest BCUT2D eigenvalue weighted by atomic mass is 16.5. The van der Waals surface area contributed by atoms with Gasteiger partial charge in [0.25, 0.3) is 0 Å². The number of hydrogen-bond donors (Lipinski definition) is 2. The Morgan fingerprint density at radius 2 is 1.76 bits per heavy atom. The first-order valence-corrected chi connectivity index (χ1v) is 7.55. The van der Waals surface area contributed by atoms with Crippen LogP contribution in [0.5, 0.6) is 5.75 Å². The Morgan fingerprint density at radius 1 is 1.10 bits per heavy atom. The van der Waals surface area contributed by atoms with Gasteiger partial charge < -0.3 is 14.9 Å². The predicted octanol–water partition coefficient (Wildman–Crippen LogP) is 3.82. The fourth-order valence-electron chi connectivity index (χ4n) is 2.41. The minimum Gasteiger partial charge on any atom is -0.490 e. The van der Waals surface area contributed by atoms with Crippen LogP contribution in [-0.4, -0.2) is 22.4 Å². The summed E-state index contributed by atoms with van der Waals surface area (Å²) in [6, 6.07) is 11.8. The maximum absolute atomic E-state index is 10.4. The number of aliphatic hydroxyl groups excluding tert-OH is 1. The summed E-state index contributed by atoms with van der Waals surface area (Å²) in [7, 11) is 0. The number of fused-ring (bicyclic) bond motifs is 1. The van der Waals surface area contributed by atoms with Gasteiger partial charge >= 0.3 is 0 Å². The summed E-state index contributed by atoms with van der Waals surface area (Å²) >= 11 is 0. The molecule has 0 radical (unpaired) electrons. The lowest BCUT2D eigenvalue weighted by Gasteiger charge is -2.26. The zero-order valence-electron chi connectivity index (χ0n) is 13.0. The zero-order chi connectivity index (χ0) is 15.5. The molecule has 21 heavy (non-hydrogen) atoms. The summed E-state index contributed by atoms with van der Waals surface area (Å²) in [5.41, 5.74) is -0.0735. The molecule has 0 saturated heterocycles. The van der Waals surface area contributed by atoms with Gasteiger partial charge in [-0.3, -0.25) is 0 Å². The molecule has 0 aliphatic rings. The summed E-state index contributed by atoms with van der Waals surface area (Å²) in [5.74, 6) is 0.670. The maximum atomic E-state index is 10.4. The van der Waals surface area contributed by atoms with E-state index in [1.54, 1.807) is 6.92 Å². The molecule has 0 saturated carbocycles. The van der Waals surface area contributed by atoms with Gasteiger partial charge in [0.15, 0.2) is 0 Å². The van der Waals surface area contributed by atoms with Crippen molar-refractivity contribution >= 4 is 10.8 Å². The standard InChI is InChI=1S/C18H24O3/c1-4-18(20,5-2)12-21-17-15(13(3)19)11-10-14-8-6-7-9-16(14)17/h6-11,13,19-20H,4-5,12H2,1-3H3/t13-/m1/s1. The van der Waals surface area contributed by atoms with E-state index in [2.05, 4.69) is 0 Å². The van der Waals surface area contributed by atoms with E-state index in [4.69, 9.17) is 4.74 Å². The number of ether oxygens (including phenoxy) is 1. The number of rotatable bonds is 6. The van der Waals surface area contributed by atoms with Crippen LogP contribution in [0.1, 0.15) is 45.3 Å². The molecule has 0 aromatic heterocycles. The summed E-state index contributed by atoms with van der Waals surface area (Å²) < 4.78 is 5.95. The fourth-order valence-corrected chi connectivity index (χ4v) is 2.41. The van der Waals surface area contributed by atoms with Crippen LogP contribution >= 0.6 is 0 Å². The van der Waals surface area contributed by atoms with Crippen molar-refractivity contribution in [2.75, 3.05) is 6.61 Å². The summed E-state index contributed by atoms with van der Waals surface area (Å²) in [5, 5.41) is 22.4. The van der Waals surface area contributed by atoms with E-state index in [0.717, 1.165) is 16.3 Å². The molecule has 0 amide bonds. The van der Waals surface area contributed by atoms with Crippen LogP contribution in [-0.2, 0) is 0 Å². The molecule has 114 valence electrons. The molecular formula is C18H24O3. The first-order valence-electron chi connectivity index (χ1n) is 7.55. The Kier molecular flexibility index (Phi) is 4.86. The van der Waals surface area contributed by atoms with Gasteiger partial charge in [-0.1, -0.05) is 50.2 Å². The average molecular weight is 288 g/mol. The van der Waals surface area contributed by atoms with E-state index in [1.807, 2.05) is 50.2 Å². The Balaban J connectivity index is 2.42. The van der Waals surface area contributed by atoms with Crippen LogP contribution in [0.4, 0.5) is 0 Å². The second-order valence-corrected chi connectivity index (χ2v) is 5.60. The number of aliphatic hydroxyl groups is 2. The van der Waals surface area contributed by atoms with Crippen LogP contribution in [0.2, 0.25) is 0 Å². The predicted molar refractivity (Wildman–Crippen MR) is 85.6 cm³/mol. The second-order valence-electron chi connectivity index (χ2n) is 5.60. The average Bonchev–Trinajstić information content (AvgIpc) is 2.51. The van der Waals surface area contributed by atoms with Gasteiger partial charge in [0, 0.05) is 10.9 Å². The Hall–Kier alpha value is -1.58. The Labute approximate surface area is 126 Å². The maximum Gasteiger partial charge on any atom is 0.133 e. The summed E-state index contributed by atoms with van der Waals surface area (Å²) in [6.45, 7) is 5.85. The van der Waals surface area contributed by atoms with E-state index >= 15 is 0 Å². The van der Waals surface area contributed by atoms with Gasteiger partial charge in [-0.2, -0.15) is 0 Å². The van der Waals surface area contributed by atoms with Crippen molar-refractivity contribution in [2.45, 2.75) is 45.3 Å².